The predicted octanol–water partition coefficient (Wildman–Crippen LogP) is 0.232. The van der Waals surface area contributed by atoms with E-state index in [0.29, 0.717) is 32.0 Å². The van der Waals surface area contributed by atoms with Crippen molar-refractivity contribution in [2.24, 2.45) is 5.92 Å². The molecule has 2 fully saturated rings. The maximum Gasteiger partial charge on any atom is 0.241 e. The molecule has 3 heterocycles. The van der Waals surface area contributed by atoms with Gasteiger partial charge in [-0.25, -0.2) is 0 Å². The summed E-state index contributed by atoms with van der Waals surface area (Å²) in [7, 11) is 0. The number of para-hydroxylation sites is 2. The second kappa shape index (κ2) is 5.28. The van der Waals surface area contributed by atoms with Gasteiger partial charge in [0.2, 0.25) is 11.8 Å². The molecule has 0 unspecified atom stereocenters. The summed E-state index contributed by atoms with van der Waals surface area (Å²) in [5.41, 5.74) is 0.853. The van der Waals surface area contributed by atoms with Gasteiger partial charge in [-0.05, 0) is 12.1 Å². The average molecular weight is 301 g/mol. The van der Waals surface area contributed by atoms with Crippen molar-refractivity contribution in [1.29, 1.82) is 0 Å². The van der Waals surface area contributed by atoms with Crippen LogP contribution in [0.3, 0.4) is 0 Å². The van der Waals surface area contributed by atoms with Crippen LogP contribution in [-0.2, 0) is 9.59 Å². The number of hydrogen-bond acceptors (Lipinski definition) is 4. The van der Waals surface area contributed by atoms with Gasteiger partial charge >= 0.3 is 0 Å². The van der Waals surface area contributed by atoms with Crippen molar-refractivity contribution in [3.8, 4) is 5.75 Å². The van der Waals surface area contributed by atoms with Crippen LogP contribution in [0.5, 0.6) is 5.75 Å². The maximum atomic E-state index is 12.6. The van der Waals surface area contributed by atoms with Crippen LogP contribution in [0.4, 0.5) is 5.69 Å². The van der Waals surface area contributed by atoms with E-state index in [-0.39, 0.29) is 17.9 Å². The average Bonchev–Trinajstić information content (AvgIpc) is 3.03. The predicted molar refractivity (Wildman–Crippen MR) is 80.8 cm³/mol. The number of carbonyl (C=O) groups is 2. The molecule has 6 nitrogen and oxygen atoms in total. The third-order valence-corrected chi connectivity index (χ3v) is 4.70. The van der Waals surface area contributed by atoms with Crippen LogP contribution >= 0.6 is 0 Å². The zero-order valence-corrected chi connectivity index (χ0v) is 12.3. The maximum absolute atomic E-state index is 12.6. The summed E-state index contributed by atoms with van der Waals surface area (Å²) in [6, 6.07) is 7.87. The molecule has 22 heavy (non-hydrogen) atoms. The van der Waals surface area contributed by atoms with Gasteiger partial charge in [-0.2, -0.15) is 0 Å². The molecule has 1 aromatic rings. The summed E-state index contributed by atoms with van der Waals surface area (Å²) >= 11 is 0. The van der Waals surface area contributed by atoms with Gasteiger partial charge in [0, 0.05) is 31.5 Å². The van der Waals surface area contributed by atoms with Crippen LogP contribution in [0.15, 0.2) is 24.3 Å². The summed E-state index contributed by atoms with van der Waals surface area (Å²) in [6.07, 6.45) is 0.593. The largest absolute Gasteiger partial charge is 0.490 e. The first kappa shape index (κ1) is 13.6. The van der Waals surface area contributed by atoms with Gasteiger partial charge in [0.15, 0.2) is 0 Å². The van der Waals surface area contributed by atoms with Crippen LogP contribution in [0.2, 0.25) is 0 Å². The molecule has 0 saturated carbocycles. The van der Waals surface area contributed by atoms with Gasteiger partial charge in [0.05, 0.1) is 18.8 Å². The fraction of sp³-hybridized carbons (Fsp3) is 0.500. The summed E-state index contributed by atoms with van der Waals surface area (Å²) in [5, 5.41) is 2.99. The smallest absolute Gasteiger partial charge is 0.241 e. The molecule has 1 aromatic carbocycles. The van der Waals surface area contributed by atoms with Crippen LogP contribution < -0.4 is 15.0 Å². The lowest BCUT2D eigenvalue weighted by Crippen LogP contribution is -2.44. The Morgan fingerprint density at radius 3 is 3.05 bits per heavy atom. The summed E-state index contributed by atoms with van der Waals surface area (Å²) in [4.78, 5) is 28.0. The van der Waals surface area contributed by atoms with E-state index in [1.165, 1.54) is 0 Å². The Morgan fingerprint density at radius 2 is 2.18 bits per heavy atom. The quantitative estimate of drug-likeness (QED) is 0.849. The van der Waals surface area contributed by atoms with E-state index in [2.05, 4.69) is 10.2 Å². The second-order valence-electron chi connectivity index (χ2n) is 6.19. The molecule has 2 amide bonds. The van der Waals surface area contributed by atoms with Crippen molar-refractivity contribution >= 4 is 17.5 Å². The topological polar surface area (TPSA) is 61.9 Å². The molecule has 0 spiro atoms. The lowest BCUT2D eigenvalue weighted by Gasteiger charge is -2.30. The van der Waals surface area contributed by atoms with Crippen molar-refractivity contribution in [3.05, 3.63) is 24.3 Å². The Bertz CT molecular complexity index is 602. The molecule has 4 rings (SSSR count). The fourth-order valence-electron chi connectivity index (χ4n) is 3.67. The minimum absolute atomic E-state index is 0.0991. The third kappa shape index (κ3) is 2.33. The van der Waals surface area contributed by atoms with Crippen molar-refractivity contribution in [2.45, 2.75) is 12.5 Å². The van der Waals surface area contributed by atoms with E-state index in [4.69, 9.17) is 4.74 Å². The van der Waals surface area contributed by atoms with E-state index in [0.717, 1.165) is 24.5 Å². The van der Waals surface area contributed by atoms with E-state index in [9.17, 15) is 9.59 Å². The van der Waals surface area contributed by atoms with E-state index in [1.807, 2.05) is 29.2 Å². The number of fused-ring (bicyclic) bond motifs is 2. The number of benzene rings is 1. The number of likely N-dealkylation sites (tertiary alicyclic amines) is 1. The van der Waals surface area contributed by atoms with Gasteiger partial charge in [0.25, 0.3) is 0 Å². The zero-order chi connectivity index (χ0) is 15.1. The first-order valence-corrected chi connectivity index (χ1v) is 7.74. The summed E-state index contributed by atoms with van der Waals surface area (Å²) in [6.45, 7) is 3.11. The first-order valence-electron chi connectivity index (χ1n) is 7.74. The number of carbonyl (C=O) groups excluding carboxylic acids is 2. The number of hydrogen-bond donors (Lipinski definition) is 1. The molecule has 0 bridgehead atoms. The molecule has 0 radical (unpaired) electrons. The van der Waals surface area contributed by atoms with Gasteiger partial charge in [-0.3, -0.25) is 14.5 Å². The lowest BCUT2D eigenvalue weighted by atomic mass is 10.1. The Balaban J connectivity index is 1.43. The molecule has 1 N–H and O–H groups in total. The van der Waals surface area contributed by atoms with E-state index >= 15 is 0 Å². The molecule has 6 heteroatoms. The van der Waals surface area contributed by atoms with Gasteiger partial charge in [0.1, 0.15) is 12.4 Å². The SMILES string of the molecule is O=C1C[C@H]2CN(CC(=O)N3CCOc4ccccc43)C[C@H]2N1. The van der Waals surface area contributed by atoms with Crippen molar-refractivity contribution in [2.75, 3.05) is 37.7 Å². The van der Waals surface area contributed by atoms with Crippen LogP contribution in [0.25, 0.3) is 0 Å². The summed E-state index contributed by atoms with van der Waals surface area (Å²) in [5.74, 6) is 1.37. The minimum atomic E-state index is 0.0991. The van der Waals surface area contributed by atoms with E-state index < -0.39 is 0 Å². The van der Waals surface area contributed by atoms with Crippen molar-refractivity contribution in [1.82, 2.24) is 10.2 Å². The first-order chi connectivity index (χ1) is 10.7. The third-order valence-electron chi connectivity index (χ3n) is 4.70. The number of amides is 2. The number of ether oxygens (including phenoxy) is 1. The molecule has 0 aliphatic carbocycles. The fourth-order valence-corrected chi connectivity index (χ4v) is 3.67. The minimum Gasteiger partial charge on any atom is -0.490 e. The monoisotopic (exact) mass is 301 g/mol. The molecule has 3 aliphatic rings. The summed E-state index contributed by atoms with van der Waals surface area (Å²) < 4.78 is 5.59. The number of rotatable bonds is 2. The highest BCUT2D eigenvalue weighted by Gasteiger charge is 2.40. The molecule has 2 saturated heterocycles. The highest BCUT2D eigenvalue weighted by Crippen LogP contribution is 2.31. The van der Waals surface area contributed by atoms with Crippen LogP contribution in [0.1, 0.15) is 6.42 Å². The van der Waals surface area contributed by atoms with Crippen LogP contribution in [0, 0.1) is 5.92 Å². The Morgan fingerprint density at radius 1 is 1.32 bits per heavy atom. The number of anilines is 1. The normalized spacial score (nSPS) is 27.1. The molecular weight excluding hydrogens is 282 g/mol. The number of nitrogens with zero attached hydrogens (tertiary/aromatic N) is 2. The van der Waals surface area contributed by atoms with Gasteiger partial charge < -0.3 is 15.0 Å². The zero-order valence-electron chi connectivity index (χ0n) is 12.3. The molecule has 2 atom stereocenters. The molecule has 0 aromatic heterocycles. The Kier molecular flexibility index (Phi) is 3.26. The highest BCUT2D eigenvalue weighted by molar-refractivity contribution is 5.96. The van der Waals surface area contributed by atoms with Crippen molar-refractivity contribution in [3.63, 3.8) is 0 Å². The van der Waals surface area contributed by atoms with Gasteiger partial charge in [-0.15, -0.1) is 0 Å². The number of nitrogens with one attached hydrogen (secondary N) is 1. The lowest BCUT2D eigenvalue weighted by molar-refractivity contribution is -0.120. The van der Waals surface area contributed by atoms with Crippen LogP contribution in [-0.4, -0.2) is 55.5 Å². The van der Waals surface area contributed by atoms with Crippen molar-refractivity contribution < 1.29 is 14.3 Å². The standard InChI is InChI=1S/C16H19N3O3/c20-15-7-11-8-18(9-12(11)17-15)10-16(21)19-5-6-22-14-4-2-1-3-13(14)19/h1-4,11-12H,5-10H2,(H,17,20)/t11-,12+/m0/s1. The Labute approximate surface area is 129 Å². The van der Waals surface area contributed by atoms with Gasteiger partial charge in [-0.1, -0.05) is 12.1 Å². The second-order valence-corrected chi connectivity index (χ2v) is 6.19. The molecular formula is C16H19N3O3. The molecule has 3 aliphatic heterocycles. The Hall–Kier alpha value is -2.08. The highest BCUT2D eigenvalue weighted by atomic mass is 16.5. The van der Waals surface area contributed by atoms with E-state index in [1.54, 1.807) is 0 Å². The molecule has 116 valence electrons.